The topological polar surface area (TPSA) is 78.3 Å². The lowest BCUT2D eigenvalue weighted by Crippen LogP contribution is -2.20. The number of nitrogens with two attached hydrogens (primary N) is 2. The molecule has 4 N–H and O–H groups in total. The lowest BCUT2D eigenvalue weighted by molar-refractivity contribution is 0.0601. The Hall–Kier alpha value is -2.17. The third kappa shape index (κ3) is 3.04. The second kappa shape index (κ2) is 6.32. The van der Waals surface area contributed by atoms with Gasteiger partial charge < -0.3 is 16.2 Å². The number of carbonyl (C=O) groups excluding carboxylic acids is 1. The van der Waals surface area contributed by atoms with Gasteiger partial charge in [0.2, 0.25) is 0 Å². The number of hydrogen-bond acceptors (Lipinski definition) is 4. The first-order chi connectivity index (χ1) is 9.65. The van der Waals surface area contributed by atoms with Crippen LogP contribution in [0.1, 0.15) is 22.0 Å². The van der Waals surface area contributed by atoms with Crippen molar-refractivity contribution >= 4 is 5.97 Å². The Morgan fingerprint density at radius 2 is 1.55 bits per heavy atom. The fourth-order valence-electron chi connectivity index (χ4n) is 1.98. The molecule has 0 aliphatic heterocycles. The summed E-state index contributed by atoms with van der Waals surface area (Å²) in [6.07, 6.45) is 0. The molecule has 0 fully saturated rings. The predicted octanol–water partition coefficient (Wildman–Crippen LogP) is 2.10. The summed E-state index contributed by atoms with van der Waals surface area (Å²) in [6.45, 7) is 0.424. The third-order valence-corrected chi connectivity index (χ3v) is 3.23. The normalized spacial score (nSPS) is 11.9. The van der Waals surface area contributed by atoms with Gasteiger partial charge in [0.05, 0.1) is 12.7 Å². The number of methoxy groups -OCH3 is 1. The number of hydrogen-bond donors (Lipinski definition) is 2. The maximum Gasteiger partial charge on any atom is 0.337 e. The zero-order valence-corrected chi connectivity index (χ0v) is 11.4. The van der Waals surface area contributed by atoms with Crippen LogP contribution in [0.3, 0.4) is 0 Å². The molecule has 20 heavy (non-hydrogen) atoms. The van der Waals surface area contributed by atoms with Gasteiger partial charge in [-0.25, -0.2) is 4.79 Å². The highest BCUT2D eigenvalue weighted by Crippen LogP contribution is 2.22. The van der Waals surface area contributed by atoms with Crippen LogP contribution in [0.4, 0.5) is 0 Å². The third-order valence-electron chi connectivity index (χ3n) is 3.23. The van der Waals surface area contributed by atoms with Crippen LogP contribution in [0.25, 0.3) is 11.1 Å². The molecule has 0 aliphatic rings. The highest BCUT2D eigenvalue weighted by molar-refractivity contribution is 5.89. The van der Waals surface area contributed by atoms with Crippen LogP contribution in [-0.4, -0.2) is 19.6 Å². The molecular weight excluding hydrogens is 252 g/mol. The summed E-state index contributed by atoms with van der Waals surface area (Å²) in [5.74, 6) is -0.333. The van der Waals surface area contributed by atoms with Crippen LogP contribution in [0.5, 0.6) is 0 Å². The summed E-state index contributed by atoms with van der Waals surface area (Å²) in [5.41, 5.74) is 15.1. The van der Waals surface area contributed by atoms with Gasteiger partial charge in [0, 0.05) is 12.6 Å². The summed E-state index contributed by atoms with van der Waals surface area (Å²) >= 11 is 0. The van der Waals surface area contributed by atoms with Gasteiger partial charge >= 0.3 is 5.97 Å². The minimum atomic E-state index is -0.333. The van der Waals surface area contributed by atoms with Crippen LogP contribution in [-0.2, 0) is 4.74 Å². The molecule has 0 aromatic heterocycles. The van der Waals surface area contributed by atoms with Crippen molar-refractivity contribution in [3.63, 3.8) is 0 Å². The quantitative estimate of drug-likeness (QED) is 0.834. The molecular formula is C16H18N2O2. The van der Waals surface area contributed by atoms with Crippen LogP contribution in [0, 0.1) is 0 Å². The SMILES string of the molecule is COC(=O)c1ccc(-c2ccc(C(N)CN)cc2)cc1. The lowest BCUT2D eigenvalue weighted by atomic mass is 10.0. The van der Waals surface area contributed by atoms with Crippen molar-refractivity contribution in [2.45, 2.75) is 6.04 Å². The van der Waals surface area contributed by atoms with Crippen molar-refractivity contribution in [3.8, 4) is 11.1 Å². The number of carbonyl (C=O) groups is 1. The van der Waals surface area contributed by atoms with Crippen LogP contribution >= 0.6 is 0 Å². The minimum Gasteiger partial charge on any atom is -0.465 e. The summed E-state index contributed by atoms with van der Waals surface area (Å²) in [5, 5.41) is 0. The Bertz CT molecular complexity index is 576. The zero-order valence-electron chi connectivity index (χ0n) is 11.4. The fraction of sp³-hybridized carbons (Fsp3) is 0.188. The smallest absolute Gasteiger partial charge is 0.337 e. The monoisotopic (exact) mass is 270 g/mol. The van der Waals surface area contributed by atoms with Crippen molar-refractivity contribution in [2.24, 2.45) is 11.5 Å². The van der Waals surface area contributed by atoms with Crippen LogP contribution in [0.15, 0.2) is 48.5 Å². The average Bonchev–Trinajstić information content (AvgIpc) is 2.53. The first-order valence-electron chi connectivity index (χ1n) is 6.40. The number of benzene rings is 2. The highest BCUT2D eigenvalue weighted by Gasteiger charge is 2.06. The molecule has 0 saturated carbocycles. The molecule has 0 saturated heterocycles. The maximum atomic E-state index is 11.4. The van der Waals surface area contributed by atoms with Gasteiger partial charge in [-0.3, -0.25) is 0 Å². The Morgan fingerprint density at radius 3 is 2.00 bits per heavy atom. The molecule has 0 bridgehead atoms. The van der Waals surface area contributed by atoms with E-state index >= 15 is 0 Å². The Balaban J connectivity index is 2.21. The molecule has 0 aliphatic carbocycles. The van der Waals surface area contributed by atoms with E-state index in [1.165, 1.54) is 7.11 Å². The molecule has 0 heterocycles. The van der Waals surface area contributed by atoms with Gasteiger partial charge in [-0.1, -0.05) is 36.4 Å². The molecule has 4 nitrogen and oxygen atoms in total. The average molecular weight is 270 g/mol. The van der Waals surface area contributed by atoms with E-state index in [1.807, 2.05) is 36.4 Å². The summed E-state index contributed by atoms with van der Waals surface area (Å²) in [4.78, 5) is 11.4. The zero-order chi connectivity index (χ0) is 14.5. The molecule has 4 heteroatoms. The van der Waals surface area contributed by atoms with E-state index in [2.05, 4.69) is 4.74 Å². The van der Waals surface area contributed by atoms with E-state index < -0.39 is 0 Å². The molecule has 104 valence electrons. The first kappa shape index (κ1) is 14.2. The van der Waals surface area contributed by atoms with Gasteiger partial charge in [-0.2, -0.15) is 0 Å². The van der Waals surface area contributed by atoms with E-state index in [4.69, 9.17) is 11.5 Å². The summed E-state index contributed by atoms with van der Waals surface area (Å²) < 4.78 is 4.67. The van der Waals surface area contributed by atoms with Crippen LogP contribution in [0.2, 0.25) is 0 Å². The second-order valence-electron chi connectivity index (χ2n) is 4.53. The number of rotatable bonds is 4. The van der Waals surface area contributed by atoms with Crippen LogP contribution < -0.4 is 11.5 Å². The molecule has 1 unspecified atom stereocenters. The minimum absolute atomic E-state index is 0.134. The second-order valence-corrected chi connectivity index (χ2v) is 4.53. The Morgan fingerprint density at radius 1 is 1.05 bits per heavy atom. The number of ether oxygens (including phenoxy) is 1. The molecule has 2 rings (SSSR count). The summed E-state index contributed by atoms with van der Waals surface area (Å²) in [7, 11) is 1.37. The molecule has 2 aromatic carbocycles. The summed E-state index contributed by atoms with van der Waals surface area (Å²) in [6, 6.07) is 15.1. The predicted molar refractivity (Wildman–Crippen MR) is 79.2 cm³/mol. The van der Waals surface area contributed by atoms with Gasteiger partial charge in [0.15, 0.2) is 0 Å². The van der Waals surface area contributed by atoms with Crippen molar-refractivity contribution in [3.05, 3.63) is 59.7 Å². The maximum absolute atomic E-state index is 11.4. The van der Waals surface area contributed by atoms with E-state index in [0.717, 1.165) is 16.7 Å². The molecule has 1 atom stereocenters. The number of esters is 1. The van der Waals surface area contributed by atoms with E-state index in [-0.39, 0.29) is 12.0 Å². The van der Waals surface area contributed by atoms with Crippen molar-refractivity contribution in [1.29, 1.82) is 0 Å². The van der Waals surface area contributed by atoms with Gasteiger partial charge in [-0.15, -0.1) is 0 Å². The molecule has 0 amide bonds. The Labute approximate surface area is 118 Å². The van der Waals surface area contributed by atoms with Crippen molar-refractivity contribution in [1.82, 2.24) is 0 Å². The van der Waals surface area contributed by atoms with Crippen molar-refractivity contribution < 1.29 is 9.53 Å². The van der Waals surface area contributed by atoms with E-state index in [1.54, 1.807) is 12.1 Å². The highest BCUT2D eigenvalue weighted by atomic mass is 16.5. The molecule has 2 aromatic rings. The van der Waals surface area contributed by atoms with Gasteiger partial charge in [-0.05, 0) is 28.8 Å². The largest absolute Gasteiger partial charge is 0.465 e. The molecule has 0 spiro atoms. The van der Waals surface area contributed by atoms with Crippen molar-refractivity contribution in [2.75, 3.05) is 13.7 Å². The first-order valence-corrected chi connectivity index (χ1v) is 6.40. The Kier molecular flexibility index (Phi) is 4.50. The van der Waals surface area contributed by atoms with Gasteiger partial charge in [0.25, 0.3) is 0 Å². The van der Waals surface area contributed by atoms with E-state index in [0.29, 0.717) is 12.1 Å². The van der Waals surface area contributed by atoms with Gasteiger partial charge in [0.1, 0.15) is 0 Å². The van der Waals surface area contributed by atoms with E-state index in [9.17, 15) is 4.79 Å². The fourth-order valence-corrected chi connectivity index (χ4v) is 1.98. The molecule has 0 radical (unpaired) electrons. The standard InChI is InChI=1S/C16H18N2O2/c1-20-16(19)14-8-4-12(5-9-14)11-2-6-13(7-3-11)15(18)10-17/h2-9,15H,10,17-18H2,1H3. The lowest BCUT2D eigenvalue weighted by Gasteiger charge is -2.10.